The second kappa shape index (κ2) is 16.6. The molecule has 1 spiro atoms. The summed E-state index contributed by atoms with van der Waals surface area (Å²) in [5.74, 6) is -2.82. The zero-order valence-electron chi connectivity index (χ0n) is 29.5. The fraction of sp³-hybridized carbons (Fsp3) is 0.487. The lowest BCUT2D eigenvalue weighted by atomic mass is 9.70. The molecule has 11 nitrogen and oxygen atoms in total. The SMILES string of the molecule is C=CCCC(=O)N(C)[C@H](C)[C@H](OC(=O)[C@@H]1[C@H]2O[C@@]3(CC2Br)[C@H](C(=O)N(CC=C)c2ccc(OC)cc2)N(CCCCO)C(=O)[C@@H]13)c1ccccc1. The van der Waals surface area contributed by atoms with Crippen LogP contribution in [0.4, 0.5) is 5.69 Å². The predicted octanol–water partition coefficient (Wildman–Crippen LogP) is 4.83. The standard InChI is InChI=1S/C39H48BrN3O8/c1-6-8-16-30(45)41(4)25(3)33(26-14-10-9-11-15-26)50-38(48)31-32-36(46)43(22-12-13-23-44)35(39(32)24-29(40)34(31)51-39)37(47)42(21-7-2)27-17-19-28(49-5)20-18-27/h6-7,9-11,14-15,17-20,25,29,31-35,44H,1-2,8,12-13,16,21-24H2,3-5H3/t25-,29?,31+,32-,33+,34+,35+,39-/m1/s1. The van der Waals surface area contributed by atoms with E-state index in [9.17, 15) is 24.3 Å². The number of fused-ring (bicyclic) bond motifs is 1. The third kappa shape index (κ3) is 7.36. The first-order valence-electron chi connectivity index (χ1n) is 17.5. The van der Waals surface area contributed by atoms with Crippen molar-refractivity contribution >= 4 is 45.3 Å². The Morgan fingerprint density at radius 2 is 1.82 bits per heavy atom. The zero-order valence-corrected chi connectivity index (χ0v) is 31.1. The molecule has 3 amide bonds. The monoisotopic (exact) mass is 765 g/mol. The minimum Gasteiger partial charge on any atom is -0.497 e. The molecule has 3 heterocycles. The molecule has 0 aliphatic carbocycles. The first-order valence-corrected chi connectivity index (χ1v) is 18.4. The van der Waals surface area contributed by atoms with Crippen LogP contribution in [-0.4, -0.2) is 101 Å². The number of allylic oxidation sites excluding steroid dienone is 1. The van der Waals surface area contributed by atoms with Gasteiger partial charge in [-0.05, 0) is 62.4 Å². The van der Waals surface area contributed by atoms with Crippen LogP contribution in [0, 0.1) is 11.8 Å². The van der Waals surface area contributed by atoms with Gasteiger partial charge in [-0.1, -0.05) is 58.4 Å². The molecular weight excluding hydrogens is 718 g/mol. The quantitative estimate of drug-likeness (QED) is 0.105. The Morgan fingerprint density at radius 1 is 1.12 bits per heavy atom. The van der Waals surface area contributed by atoms with E-state index in [0.717, 1.165) is 0 Å². The minimum atomic E-state index is -1.31. The van der Waals surface area contributed by atoms with Crippen molar-refractivity contribution in [3.8, 4) is 5.75 Å². The molecule has 5 rings (SSSR count). The second-order valence-electron chi connectivity index (χ2n) is 13.4. The molecule has 3 aliphatic rings. The third-order valence-electron chi connectivity index (χ3n) is 10.4. The van der Waals surface area contributed by atoms with Crippen molar-refractivity contribution in [3.63, 3.8) is 0 Å². The Bertz CT molecular complexity index is 1590. The predicted molar refractivity (Wildman–Crippen MR) is 196 cm³/mol. The number of aliphatic hydroxyl groups is 1. The van der Waals surface area contributed by atoms with Crippen LogP contribution < -0.4 is 9.64 Å². The Morgan fingerprint density at radius 3 is 2.45 bits per heavy atom. The number of ether oxygens (including phenoxy) is 3. The molecule has 12 heteroatoms. The molecule has 2 bridgehead atoms. The summed E-state index contributed by atoms with van der Waals surface area (Å²) in [4.78, 5) is 61.3. The number of aliphatic hydroxyl groups excluding tert-OH is 1. The van der Waals surface area contributed by atoms with Crippen LogP contribution in [0.15, 0.2) is 79.9 Å². The van der Waals surface area contributed by atoms with E-state index in [1.807, 2.05) is 37.3 Å². The molecule has 274 valence electrons. The summed E-state index contributed by atoms with van der Waals surface area (Å²) < 4.78 is 18.4. The summed E-state index contributed by atoms with van der Waals surface area (Å²) in [6.07, 6.45) is 3.74. The van der Waals surface area contributed by atoms with E-state index in [1.165, 1.54) is 4.90 Å². The highest BCUT2D eigenvalue weighted by Gasteiger charge is 2.77. The number of nitrogens with zero attached hydrogens (tertiary/aromatic N) is 3. The van der Waals surface area contributed by atoms with Crippen LogP contribution in [0.5, 0.6) is 5.75 Å². The van der Waals surface area contributed by atoms with Crippen molar-refractivity contribution in [3.05, 3.63) is 85.5 Å². The van der Waals surface area contributed by atoms with Gasteiger partial charge in [-0.3, -0.25) is 19.2 Å². The Kier molecular flexibility index (Phi) is 12.4. The van der Waals surface area contributed by atoms with Crippen LogP contribution in [0.25, 0.3) is 0 Å². The van der Waals surface area contributed by atoms with E-state index < -0.39 is 47.7 Å². The number of benzene rings is 2. The number of esters is 1. The van der Waals surface area contributed by atoms with Crippen LogP contribution >= 0.6 is 15.9 Å². The van der Waals surface area contributed by atoms with E-state index in [-0.39, 0.29) is 48.7 Å². The number of alkyl halides is 1. The Balaban J connectivity index is 1.51. The van der Waals surface area contributed by atoms with Crippen LogP contribution in [0.1, 0.15) is 50.7 Å². The highest BCUT2D eigenvalue weighted by atomic mass is 79.9. The van der Waals surface area contributed by atoms with Gasteiger partial charge in [0, 0.05) is 43.7 Å². The summed E-state index contributed by atoms with van der Waals surface area (Å²) in [6, 6.07) is 14.7. The van der Waals surface area contributed by atoms with Gasteiger partial charge in [0.15, 0.2) is 0 Å². The Labute approximate surface area is 308 Å². The van der Waals surface area contributed by atoms with Crippen molar-refractivity contribution < 1.29 is 38.5 Å². The Hall–Kier alpha value is -4.00. The van der Waals surface area contributed by atoms with Crippen molar-refractivity contribution in [1.29, 1.82) is 0 Å². The maximum atomic E-state index is 14.8. The summed E-state index contributed by atoms with van der Waals surface area (Å²) in [7, 11) is 3.25. The molecule has 8 atom stereocenters. The number of hydrogen-bond acceptors (Lipinski definition) is 8. The third-order valence-corrected chi connectivity index (χ3v) is 11.3. The number of anilines is 1. The van der Waals surface area contributed by atoms with Gasteiger partial charge < -0.3 is 34.0 Å². The average Bonchev–Trinajstić information content (AvgIpc) is 3.74. The summed E-state index contributed by atoms with van der Waals surface area (Å²) in [5.41, 5.74) is -0.0202. The van der Waals surface area contributed by atoms with Crippen LogP contribution in [0.3, 0.4) is 0 Å². The lowest BCUT2D eigenvalue weighted by Gasteiger charge is -2.37. The van der Waals surface area contributed by atoms with Gasteiger partial charge in [0.25, 0.3) is 5.91 Å². The van der Waals surface area contributed by atoms with Gasteiger partial charge in [-0.25, -0.2) is 0 Å². The van der Waals surface area contributed by atoms with Gasteiger partial charge in [-0.15, -0.1) is 13.2 Å². The number of halogens is 1. The molecule has 3 saturated heterocycles. The number of carbonyl (C=O) groups is 4. The number of likely N-dealkylation sites (N-methyl/N-ethyl adjacent to an activating group) is 1. The van der Waals surface area contributed by atoms with Crippen LogP contribution in [-0.2, 0) is 28.7 Å². The van der Waals surface area contributed by atoms with E-state index in [0.29, 0.717) is 42.7 Å². The fourth-order valence-corrected chi connectivity index (χ4v) is 8.74. The molecule has 0 aromatic heterocycles. The molecule has 1 unspecified atom stereocenters. The van der Waals surface area contributed by atoms with Gasteiger partial charge in [0.05, 0.1) is 31.1 Å². The van der Waals surface area contributed by atoms with Gasteiger partial charge in [0.2, 0.25) is 11.8 Å². The van der Waals surface area contributed by atoms with Gasteiger partial charge >= 0.3 is 5.97 Å². The topological polar surface area (TPSA) is 126 Å². The molecule has 2 aromatic rings. The molecule has 51 heavy (non-hydrogen) atoms. The zero-order chi connectivity index (χ0) is 36.9. The number of amides is 3. The summed E-state index contributed by atoms with van der Waals surface area (Å²) >= 11 is 3.74. The van der Waals surface area contributed by atoms with Crippen LogP contribution in [0.2, 0.25) is 0 Å². The molecule has 3 aliphatic heterocycles. The second-order valence-corrected chi connectivity index (χ2v) is 14.6. The number of hydrogen-bond donors (Lipinski definition) is 1. The molecular formula is C39H48BrN3O8. The number of methoxy groups -OCH3 is 1. The van der Waals surface area contributed by atoms with Gasteiger partial charge in [-0.2, -0.15) is 0 Å². The first kappa shape index (κ1) is 38.2. The normalized spacial score (nSPS) is 25.9. The molecule has 2 aromatic carbocycles. The van der Waals surface area contributed by atoms with Crippen molar-refractivity contribution in [2.24, 2.45) is 11.8 Å². The highest BCUT2D eigenvalue weighted by Crippen LogP contribution is 2.60. The highest BCUT2D eigenvalue weighted by molar-refractivity contribution is 9.09. The summed E-state index contributed by atoms with van der Waals surface area (Å²) in [6.45, 7) is 9.71. The maximum absolute atomic E-state index is 14.8. The van der Waals surface area contributed by atoms with E-state index in [1.54, 1.807) is 60.4 Å². The largest absolute Gasteiger partial charge is 0.497 e. The van der Waals surface area contributed by atoms with Crippen molar-refractivity contribution in [1.82, 2.24) is 9.80 Å². The molecule has 0 saturated carbocycles. The van der Waals surface area contributed by atoms with Crippen molar-refractivity contribution in [2.45, 2.75) is 73.7 Å². The van der Waals surface area contributed by atoms with E-state index in [4.69, 9.17) is 14.2 Å². The lowest BCUT2D eigenvalue weighted by molar-refractivity contribution is -0.164. The summed E-state index contributed by atoms with van der Waals surface area (Å²) in [5, 5.41) is 9.56. The first-order chi connectivity index (χ1) is 24.5. The number of likely N-dealkylation sites (tertiary alicyclic amines) is 1. The van der Waals surface area contributed by atoms with Gasteiger partial charge in [0.1, 0.15) is 23.5 Å². The molecule has 3 fully saturated rings. The fourth-order valence-electron chi connectivity index (χ4n) is 7.80. The lowest BCUT2D eigenvalue weighted by Crippen LogP contribution is -2.57. The van der Waals surface area contributed by atoms with E-state index in [2.05, 4.69) is 29.1 Å². The van der Waals surface area contributed by atoms with Crippen molar-refractivity contribution in [2.75, 3.05) is 38.8 Å². The smallest absolute Gasteiger partial charge is 0.313 e. The van der Waals surface area contributed by atoms with E-state index >= 15 is 0 Å². The average molecular weight is 767 g/mol. The maximum Gasteiger partial charge on any atom is 0.313 e. The number of unbranched alkanes of at least 4 members (excludes halogenated alkanes) is 1. The number of rotatable bonds is 17. The minimum absolute atomic E-state index is 0.0652. The number of carbonyl (C=O) groups excluding carboxylic acids is 4. The molecule has 0 radical (unpaired) electrons. The molecule has 1 N–H and O–H groups in total.